The largest absolute Gasteiger partial charge is 0.273 e. The minimum absolute atomic E-state index is 0.0102. The van der Waals surface area contributed by atoms with E-state index in [4.69, 9.17) is 0 Å². The van der Waals surface area contributed by atoms with Crippen molar-refractivity contribution in [3.05, 3.63) is 79.9 Å². The summed E-state index contributed by atoms with van der Waals surface area (Å²) in [5.74, 6) is -3.02. The van der Waals surface area contributed by atoms with Crippen LogP contribution in [0.3, 0.4) is 0 Å². The smallest absolute Gasteiger partial charge is 0.272 e. The fourth-order valence-electron chi connectivity index (χ4n) is 5.60. The Bertz CT molecular complexity index is 1270. The van der Waals surface area contributed by atoms with Gasteiger partial charge in [-0.05, 0) is 29.9 Å². The molecule has 3 aliphatic rings. The summed E-state index contributed by atoms with van der Waals surface area (Å²) in [5.41, 5.74) is -0.0870. The zero-order valence-electron chi connectivity index (χ0n) is 18.4. The van der Waals surface area contributed by atoms with Crippen LogP contribution in [0, 0.1) is 43.9 Å². The Morgan fingerprint density at radius 2 is 1.47 bits per heavy atom. The maximum atomic E-state index is 13.6. The summed E-state index contributed by atoms with van der Waals surface area (Å²) in [6, 6.07) is 10.4. The topological polar surface area (TPSA) is 144 Å². The van der Waals surface area contributed by atoms with Gasteiger partial charge < -0.3 is 0 Å². The van der Waals surface area contributed by atoms with Crippen molar-refractivity contribution in [2.75, 3.05) is 0 Å². The first-order valence-electron chi connectivity index (χ1n) is 11.1. The summed E-state index contributed by atoms with van der Waals surface area (Å²) < 4.78 is 0. The van der Waals surface area contributed by atoms with Gasteiger partial charge in [0.05, 0.1) is 28.2 Å². The van der Waals surface area contributed by atoms with Crippen LogP contribution in [0.1, 0.15) is 22.3 Å². The standard InChI is InChI=1S/C23H18Br2N4O7/c24-19-15-9-16(20(19)25)18-17(15)22(31)27(23(18)32)26(10-11-4-6-13(7-5-11)28(33)34)21(30)12-2-1-3-14(8-12)29(35)36/h1-8,15-20H,9-10H2/t15-,16-,17-,18-,19+,20+/m1/s1. The Kier molecular flexibility index (Phi) is 6.15. The lowest BCUT2D eigenvalue weighted by molar-refractivity contribution is -0.385. The number of imide groups is 1. The van der Waals surface area contributed by atoms with E-state index in [1.165, 1.54) is 42.5 Å². The van der Waals surface area contributed by atoms with E-state index in [2.05, 4.69) is 31.9 Å². The highest BCUT2D eigenvalue weighted by molar-refractivity contribution is 9.12. The highest BCUT2D eigenvalue weighted by Gasteiger charge is 2.67. The molecule has 13 heteroatoms. The van der Waals surface area contributed by atoms with Crippen LogP contribution in [0.4, 0.5) is 11.4 Å². The molecule has 36 heavy (non-hydrogen) atoms. The molecule has 0 N–H and O–H groups in total. The Morgan fingerprint density at radius 3 is 2.00 bits per heavy atom. The van der Waals surface area contributed by atoms with Crippen molar-refractivity contribution in [2.45, 2.75) is 22.6 Å². The predicted octanol–water partition coefficient (Wildman–Crippen LogP) is 3.84. The Morgan fingerprint density at radius 1 is 0.917 bits per heavy atom. The monoisotopic (exact) mass is 620 g/mol. The summed E-state index contributed by atoms with van der Waals surface area (Å²) in [6.45, 7) is -0.235. The molecule has 1 saturated heterocycles. The maximum Gasteiger partial charge on any atom is 0.273 e. The van der Waals surface area contributed by atoms with Crippen molar-refractivity contribution in [3.8, 4) is 0 Å². The Hall–Kier alpha value is -3.19. The summed E-state index contributed by atoms with van der Waals surface area (Å²) in [4.78, 5) is 61.9. The number of carbonyl (C=O) groups is 3. The molecule has 2 saturated carbocycles. The van der Waals surface area contributed by atoms with Crippen molar-refractivity contribution in [3.63, 3.8) is 0 Å². The van der Waals surface area contributed by atoms with Gasteiger partial charge in [0.1, 0.15) is 0 Å². The normalized spacial score (nSPS) is 28.3. The van der Waals surface area contributed by atoms with Gasteiger partial charge in [-0.2, -0.15) is 5.01 Å². The molecule has 0 radical (unpaired) electrons. The lowest BCUT2D eigenvalue weighted by atomic mass is 9.81. The van der Waals surface area contributed by atoms with Gasteiger partial charge in [0.15, 0.2) is 0 Å². The summed E-state index contributed by atoms with van der Waals surface area (Å²) in [6.07, 6.45) is 0.716. The van der Waals surface area contributed by atoms with E-state index in [0.29, 0.717) is 12.0 Å². The molecular formula is C23H18Br2N4O7. The van der Waals surface area contributed by atoms with Gasteiger partial charge >= 0.3 is 0 Å². The first-order valence-corrected chi connectivity index (χ1v) is 12.9. The number of hydrogen-bond donors (Lipinski definition) is 0. The number of non-ortho nitro benzene ring substituents is 2. The summed E-state index contributed by atoms with van der Waals surface area (Å²) >= 11 is 7.27. The lowest BCUT2D eigenvalue weighted by Gasteiger charge is -2.31. The number of rotatable bonds is 6. The van der Waals surface area contributed by atoms with Gasteiger partial charge in [0.25, 0.3) is 29.1 Å². The molecule has 2 aliphatic carbocycles. The SMILES string of the molecule is O=C(c1cccc([N+](=O)[O-])c1)N(Cc1ccc([N+](=O)[O-])cc1)N1C(=O)[C@@H]2[C@H]3C[C@@H]([C@H](Br)[C@H]3Br)[C@H]2C1=O. The number of alkyl halides is 2. The van der Waals surface area contributed by atoms with Crippen LogP contribution < -0.4 is 0 Å². The third-order valence-electron chi connectivity index (χ3n) is 7.22. The minimum atomic E-state index is -0.767. The van der Waals surface area contributed by atoms with Crippen LogP contribution in [-0.4, -0.2) is 47.2 Å². The number of halogens is 2. The van der Waals surface area contributed by atoms with Gasteiger partial charge in [-0.3, -0.25) is 34.6 Å². The zero-order chi connectivity index (χ0) is 25.9. The second-order valence-electron chi connectivity index (χ2n) is 9.09. The van der Waals surface area contributed by atoms with Crippen molar-refractivity contribution < 1.29 is 24.2 Å². The van der Waals surface area contributed by atoms with Gasteiger partial charge in [0, 0.05) is 39.5 Å². The predicted molar refractivity (Wildman–Crippen MR) is 132 cm³/mol. The van der Waals surface area contributed by atoms with Gasteiger partial charge in [-0.25, -0.2) is 5.01 Å². The third kappa shape index (κ3) is 3.81. The average Bonchev–Trinajstić information content (AvgIpc) is 3.47. The van der Waals surface area contributed by atoms with Crippen LogP contribution >= 0.6 is 31.9 Å². The Labute approximate surface area is 221 Å². The first-order chi connectivity index (χ1) is 17.1. The molecule has 6 atom stereocenters. The van der Waals surface area contributed by atoms with Gasteiger partial charge in [-0.15, -0.1) is 0 Å². The molecule has 5 rings (SSSR count). The van der Waals surface area contributed by atoms with Crippen molar-refractivity contribution >= 4 is 61.0 Å². The minimum Gasteiger partial charge on any atom is -0.272 e. The maximum absolute atomic E-state index is 13.6. The third-order valence-corrected chi connectivity index (χ3v) is 10.4. The lowest BCUT2D eigenvalue weighted by Crippen LogP contribution is -2.50. The molecule has 186 valence electrons. The molecule has 2 bridgehead atoms. The first kappa shape index (κ1) is 24.5. The number of benzene rings is 2. The summed E-state index contributed by atoms with van der Waals surface area (Å²) in [5, 5.41) is 24.1. The quantitative estimate of drug-likeness (QED) is 0.206. The van der Waals surface area contributed by atoms with Crippen LogP contribution in [0.15, 0.2) is 48.5 Å². The molecule has 1 aliphatic heterocycles. The van der Waals surface area contributed by atoms with Gasteiger partial charge in [-0.1, -0.05) is 50.1 Å². The molecule has 1 heterocycles. The number of amides is 3. The van der Waals surface area contributed by atoms with E-state index < -0.39 is 39.4 Å². The van der Waals surface area contributed by atoms with Crippen LogP contribution in [0.2, 0.25) is 0 Å². The second kappa shape index (κ2) is 9.04. The molecular weight excluding hydrogens is 604 g/mol. The van der Waals surface area contributed by atoms with E-state index in [1.54, 1.807) is 0 Å². The number of carbonyl (C=O) groups excluding carboxylic acids is 3. The number of nitrogens with zero attached hydrogens (tertiary/aromatic N) is 4. The number of nitro benzene ring substituents is 2. The highest BCUT2D eigenvalue weighted by Crippen LogP contribution is 2.60. The second-order valence-corrected chi connectivity index (χ2v) is 11.2. The van der Waals surface area contributed by atoms with E-state index in [1.807, 2.05) is 0 Å². The Balaban J connectivity index is 1.53. The van der Waals surface area contributed by atoms with E-state index in [0.717, 1.165) is 16.1 Å². The molecule has 3 amide bonds. The number of fused-ring (bicyclic) bond motifs is 5. The highest BCUT2D eigenvalue weighted by atomic mass is 79.9. The molecule has 11 nitrogen and oxygen atoms in total. The number of hydrogen-bond acceptors (Lipinski definition) is 7. The fourth-order valence-corrected chi connectivity index (χ4v) is 7.48. The molecule has 0 spiro atoms. The molecule has 0 aromatic heterocycles. The number of nitro groups is 2. The van der Waals surface area contributed by atoms with E-state index in [-0.39, 0.29) is 45.0 Å². The van der Waals surface area contributed by atoms with Crippen LogP contribution in [0.5, 0.6) is 0 Å². The molecule has 2 aromatic carbocycles. The summed E-state index contributed by atoms with van der Waals surface area (Å²) in [7, 11) is 0. The van der Waals surface area contributed by atoms with Crippen molar-refractivity contribution in [1.82, 2.24) is 10.0 Å². The van der Waals surface area contributed by atoms with Crippen LogP contribution in [-0.2, 0) is 16.1 Å². The van der Waals surface area contributed by atoms with E-state index >= 15 is 0 Å². The van der Waals surface area contributed by atoms with Crippen molar-refractivity contribution in [2.24, 2.45) is 23.7 Å². The molecule has 2 aromatic rings. The van der Waals surface area contributed by atoms with Crippen molar-refractivity contribution in [1.29, 1.82) is 0 Å². The molecule has 0 unspecified atom stereocenters. The number of hydrazine groups is 1. The van der Waals surface area contributed by atoms with Gasteiger partial charge in [0.2, 0.25) is 0 Å². The van der Waals surface area contributed by atoms with E-state index in [9.17, 15) is 34.6 Å². The molecule has 3 fully saturated rings. The van der Waals surface area contributed by atoms with Crippen LogP contribution in [0.25, 0.3) is 0 Å². The zero-order valence-corrected chi connectivity index (χ0v) is 21.6. The fraction of sp³-hybridized carbons (Fsp3) is 0.348. The average molecular weight is 622 g/mol.